The molecule has 5 nitrogen and oxygen atoms in total. The summed E-state index contributed by atoms with van der Waals surface area (Å²) in [6.45, 7) is -0.495. The molecular weight excluding hydrogens is 362 g/mol. The molecule has 26 heavy (non-hydrogen) atoms. The van der Waals surface area contributed by atoms with Gasteiger partial charge >= 0.3 is 5.97 Å². The van der Waals surface area contributed by atoms with Crippen LogP contribution < -0.4 is 5.32 Å². The number of carbonyl (C=O) groups is 2. The first-order chi connectivity index (χ1) is 12.5. The SMILES string of the molecule is N#CCc1ccc(NC(=O)COC(=O)CSc2cc(F)ccc2F)cc1. The predicted molar refractivity (Wildman–Crippen MR) is 92.4 cm³/mol. The van der Waals surface area contributed by atoms with Crippen LogP contribution in [0.2, 0.25) is 0 Å². The van der Waals surface area contributed by atoms with Crippen LogP contribution in [-0.2, 0) is 20.7 Å². The molecule has 2 aromatic carbocycles. The molecule has 2 aromatic rings. The number of amides is 1. The highest BCUT2D eigenvalue weighted by Gasteiger charge is 2.11. The Hall–Kier alpha value is -2.92. The van der Waals surface area contributed by atoms with E-state index in [9.17, 15) is 18.4 Å². The Morgan fingerprint density at radius 3 is 2.58 bits per heavy atom. The number of rotatable bonds is 7. The molecule has 0 heterocycles. The quantitative estimate of drug-likeness (QED) is 0.592. The van der Waals surface area contributed by atoms with E-state index in [1.54, 1.807) is 24.3 Å². The lowest BCUT2D eigenvalue weighted by Crippen LogP contribution is -2.21. The largest absolute Gasteiger partial charge is 0.455 e. The van der Waals surface area contributed by atoms with E-state index in [0.717, 1.165) is 35.5 Å². The van der Waals surface area contributed by atoms with Crippen LogP contribution in [0.15, 0.2) is 47.4 Å². The second-order valence-electron chi connectivity index (χ2n) is 5.10. The second-order valence-corrected chi connectivity index (χ2v) is 6.12. The Labute approximate surface area is 153 Å². The average molecular weight is 376 g/mol. The minimum absolute atomic E-state index is 0.0103. The summed E-state index contributed by atoms with van der Waals surface area (Å²) in [5.41, 5.74) is 1.32. The van der Waals surface area contributed by atoms with Gasteiger partial charge in [-0.15, -0.1) is 11.8 Å². The highest BCUT2D eigenvalue weighted by atomic mass is 32.2. The van der Waals surface area contributed by atoms with Gasteiger partial charge in [0.05, 0.1) is 18.2 Å². The zero-order valence-corrected chi connectivity index (χ0v) is 14.3. The Morgan fingerprint density at radius 2 is 1.88 bits per heavy atom. The monoisotopic (exact) mass is 376 g/mol. The summed E-state index contributed by atoms with van der Waals surface area (Å²) in [5.74, 6) is -2.76. The molecule has 0 aliphatic rings. The molecule has 0 radical (unpaired) electrons. The van der Waals surface area contributed by atoms with Crippen LogP contribution in [0.5, 0.6) is 0 Å². The van der Waals surface area contributed by atoms with Crippen LogP contribution in [0, 0.1) is 23.0 Å². The number of nitriles is 1. The maximum Gasteiger partial charge on any atom is 0.316 e. The third-order valence-electron chi connectivity index (χ3n) is 3.12. The van der Waals surface area contributed by atoms with Gasteiger partial charge in [-0.3, -0.25) is 9.59 Å². The standard InChI is InChI=1S/C18H14F2N2O3S/c19-13-3-6-15(20)16(9-13)26-11-18(24)25-10-17(23)22-14-4-1-12(2-5-14)7-8-21/h1-6,9H,7,10-11H2,(H,22,23). The van der Waals surface area contributed by atoms with E-state index in [1.165, 1.54) is 0 Å². The van der Waals surface area contributed by atoms with Crippen LogP contribution in [0.1, 0.15) is 5.56 Å². The lowest BCUT2D eigenvalue weighted by Gasteiger charge is -2.07. The first-order valence-corrected chi connectivity index (χ1v) is 8.45. The number of ether oxygens (including phenoxy) is 1. The number of hydrogen-bond acceptors (Lipinski definition) is 5. The molecule has 2 rings (SSSR count). The number of thioether (sulfide) groups is 1. The van der Waals surface area contributed by atoms with Crippen molar-refractivity contribution in [3.8, 4) is 6.07 Å². The summed E-state index contributed by atoms with van der Waals surface area (Å²) in [7, 11) is 0. The third kappa shape index (κ3) is 6.18. The van der Waals surface area contributed by atoms with E-state index in [1.807, 2.05) is 6.07 Å². The number of carbonyl (C=O) groups excluding carboxylic acids is 2. The van der Waals surface area contributed by atoms with Crippen molar-refractivity contribution >= 4 is 29.3 Å². The molecule has 0 aliphatic carbocycles. The summed E-state index contributed by atoms with van der Waals surface area (Å²) in [4.78, 5) is 23.3. The summed E-state index contributed by atoms with van der Waals surface area (Å²) in [5, 5.41) is 11.1. The Bertz CT molecular complexity index is 835. The zero-order chi connectivity index (χ0) is 18.9. The highest BCUT2D eigenvalue weighted by Crippen LogP contribution is 2.22. The number of benzene rings is 2. The van der Waals surface area contributed by atoms with Crippen LogP contribution in [0.25, 0.3) is 0 Å². The fourth-order valence-corrected chi connectivity index (χ4v) is 2.67. The van der Waals surface area contributed by atoms with E-state index in [2.05, 4.69) is 5.32 Å². The smallest absolute Gasteiger partial charge is 0.316 e. The highest BCUT2D eigenvalue weighted by molar-refractivity contribution is 8.00. The number of nitrogens with zero attached hydrogens (tertiary/aromatic N) is 1. The van der Waals surface area contributed by atoms with Crippen LogP contribution in [0.4, 0.5) is 14.5 Å². The molecule has 0 saturated heterocycles. The molecule has 0 fully saturated rings. The van der Waals surface area contributed by atoms with E-state index >= 15 is 0 Å². The molecule has 0 spiro atoms. The molecule has 0 bridgehead atoms. The van der Waals surface area contributed by atoms with E-state index in [0.29, 0.717) is 5.69 Å². The van der Waals surface area contributed by atoms with Crippen molar-refractivity contribution in [1.82, 2.24) is 0 Å². The Kier molecular flexibility index (Phi) is 7.12. The van der Waals surface area contributed by atoms with Crippen molar-refractivity contribution in [3.63, 3.8) is 0 Å². The maximum absolute atomic E-state index is 13.4. The van der Waals surface area contributed by atoms with Gasteiger partial charge in [0.15, 0.2) is 6.61 Å². The lowest BCUT2D eigenvalue weighted by molar-refractivity contribution is -0.144. The molecule has 1 amide bonds. The molecule has 0 saturated carbocycles. The van der Waals surface area contributed by atoms with Crippen LogP contribution in [0.3, 0.4) is 0 Å². The van der Waals surface area contributed by atoms with Gasteiger partial charge in [0.1, 0.15) is 11.6 Å². The predicted octanol–water partition coefficient (Wildman–Crippen LogP) is 3.30. The minimum atomic E-state index is -0.724. The van der Waals surface area contributed by atoms with E-state index in [4.69, 9.17) is 10.00 Å². The summed E-state index contributed by atoms with van der Waals surface area (Å²) in [6, 6.07) is 11.6. The second kappa shape index (κ2) is 9.53. The fraction of sp³-hybridized carbons (Fsp3) is 0.167. The number of anilines is 1. The van der Waals surface area contributed by atoms with Crippen molar-refractivity contribution in [2.24, 2.45) is 0 Å². The molecule has 8 heteroatoms. The van der Waals surface area contributed by atoms with Gasteiger partial charge in [-0.05, 0) is 35.9 Å². The van der Waals surface area contributed by atoms with E-state index < -0.39 is 30.1 Å². The minimum Gasteiger partial charge on any atom is -0.455 e. The average Bonchev–Trinajstić information content (AvgIpc) is 2.62. The van der Waals surface area contributed by atoms with Gasteiger partial charge in [0, 0.05) is 10.6 Å². The van der Waals surface area contributed by atoms with Crippen molar-refractivity contribution in [1.29, 1.82) is 5.26 Å². The number of halogens is 2. The Morgan fingerprint density at radius 1 is 1.15 bits per heavy atom. The Balaban J connectivity index is 1.75. The van der Waals surface area contributed by atoms with E-state index in [-0.39, 0.29) is 17.1 Å². The van der Waals surface area contributed by atoms with Crippen LogP contribution in [-0.4, -0.2) is 24.2 Å². The maximum atomic E-state index is 13.4. The summed E-state index contributed by atoms with van der Waals surface area (Å²) in [6.07, 6.45) is 0.273. The fourth-order valence-electron chi connectivity index (χ4n) is 1.91. The van der Waals surface area contributed by atoms with Gasteiger partial charge in [-0.2, -0.15) is 5.26 Å². The normalized spacial score (nSPS) is 10.0. The van der Waals surface area contributed by atoms with Gasteiger partial charge in [0.2, 0.25) is 0 Å². The number of hydrogen-bond donors (Lipinski definition) is 1. The molecular formula is C18H14F2N2O3S. The first kappa shape index (κ1) is 19.4. The molecule has 0 aromatic heterocycles. The van der Waals surface area contributed by atoms with Crippen LogP contribution >= 0.6 is 11.8 Å². The lowest BCUT2D eigenvalue weighted by atomic mass is 10.1. The molecule has 0 atom stereocenters. The summed E-state index contributed by atoms with van der Waals surface area (Å²) < 4.78 is 31.3. The van der Waals surface area contributed by atoms with Gasteiger partial charge in [-0.1, -0.05) is 12.1 Å². The van der Waals surface area contributed by atoms with Gasteiger partial charge in [-0.25, -0.2) is 8.78 Å². The summed E-state index contributed by atoms with van der Waals surface area (Å²) >= 11 is 0.784. The van der Waals surface area contributed by atoms with Crippen molar-refractivity contribution in [2.75, 3.05) is 17.7 Å². The molecule has 0 unspecified atom stereocenters. The topological polar surface area (TPSA) is 79.2 Å². The zero-order valence-electron chi connectivity index (χ0n) is 13.5. The molecule has 1 N–H and O–H groups in total. The molecule has 0 aliphatic heterocycles. The van der Waals surface area contributed by atoms with Crippen molar-refractivity contribution < 1.29 is 23.1 Å². The van der Waals surface area contributed by atoms with Crippen molar-refractivity contribution in [3.05, 3.63) is 59.7 Å². The third-order valence-corrected chi connectivity index (χ3v) is 4.13. The molecule has 134 valence electrons. The number of esters is 1. The first-order valence-electron chi connectivity index (χ1n) is 7.47. The van der Waals surface area contributed by atoms with Gasteiger partial charge < -0.3 is 10.1 Å². The van der Waals surface area contributed by atoms with Gasteiger partial charge in [0.25, 0.3) is 5.91 Å². The number of nitrogens with one attached hydrogen (secondary N) is 1. The van der Waals surface area contributed by atoms with Crippen molar-refractivity contribution in [2.45, 2.75) is 11.3 Å².